The minimum atomic E-state index is -3.24. The Kier molecular flexibility index (Phi) is 4.98. The highest BCUT2D eigenvalue weighted by molar-refractivity contribution is 7.87. The van der Waals surface area contributed by atoms with E-state index in [0.717, 1.165) is 19.4 Å². The molecule has 0 aromatic heterocycles. The van der Waals surface area contributed by atoms with Gasteiger partial charge in [0.25, 0.3) is 10.2 Å². The van der Waals surface area contributed by atoms with Gasteiger partial charge in [0.15, 0.2) is 0 Å². The van der Waals surface area contributed by atoms with Crippen LogP contribution < -0.4 is 4.72 Å². The number of nitrogens with zero attached hydrogens (tertiary/aromatic N) is 2. The molecule has 1 N–H and O–H groups in total. The zero-order chi connectivity index (χ0) is 11.3. The summed E-state index contributed by atoms with van der Waals surface area (Å²) in [6, 6.07) is 0. The molecule has 1 aliphatic rings. The van der Waals surface area contributed by atoms with Gasteiger partial charge in [0.1, 0.15) is 0 Å². The van der Waals surface area contributed by atoms with Crippen LogP contribution in [-0.2, 0) is 10.2 Å². The largest absolute Gasteiger partial charge is 0.308 e. The van der Waals surface area contributed by atoms with Crippen LogP contribution in [0.4, 0.5) is 0 Å². The van der Waals surface area contributed by atoms with Gasteiger partial charge in [-0.2, -0.15) is 12.7 Å². The molecule has 0 amide bonds. The highest BCUT2D eigenvalue weighted by Gasteiger charge is 2.22. The smallest absolute Gasteiger partial charge is 0.279 e. The lowest BCUT2D eigenvalue weighted by molar-refractivity contribution is 0.369. The van der Waals surface area contributed by atoms with Crippen LogP contribution in [-0.4, -0.2) is 57.9 Å². The second-order valence-corrected chi connectivity index (χ2v) is 5.72. The highest BCUT2D eigenvalue weighted by atomic mass is 32.2. The Morgan fingerprint density at radius 3 is 2.47 bits per heavy atom. The van der Waals surface area contributed by atoms with Crippen molar-refractivity contribution in [3.05, 3.63) is 6.42 Å². The first-order valence-corrected chi connectivity index (χ1v) is 6.67. The Hall–Kier alpha value is -0.170. The van der Waals surface area contributed by atoms with Gasteiger partial charge in [-0.25, -0.2) is 4.72 Å². The number of nitrogens with one attached hydrogen (secondary N) is 1. The molecule has 89 valence electrons. The molecule has 0 aliphatic carbocycles. The molecule has 1 fully saturated rings. The average Bonchev–Trinajstić information content (AvgIpc) is 2.18. The van der Waals surface area contributed by atoms with Crippen molar-refractivity contribution in [1.82, 2.24) is 13.9 Å². The summed E-state index contributed by atoms with van der Waals surface area (Å²) < 4.78 is 27.6. The number of likely N-dealkylation sites (N-methyl/N-ethyl adjacent to an activating group) is 1. The van der Waals surface area contributed by atoms with Crippen LogP contribution >= 0.6 is 0 Å². The van der Waals surface area contributed by atoms with Crippen LogP contribution in [0.2, 0.25) is 0 Å². The molecule has 0 aromatic carbocycles. The second kappa shape index (κ2) is 5.79. The van der Waals surface area contributed by atoms with Crippen molar-refractivity contribution >= 4 is 10.2 Å². The monoisotopic (exact) mass is 234 g/mol. The van der Waals surface area contributed by atoms with Gasteiger partial charge in [-0.15, -0.1) is 0 Å². The molecule has 0 bridgehead atoms. The fraction of sp³-hybridized carbons (Fsp3) is 0.889. The molecule has 0 atom stereocenters. The molecule has 6 heteroatoms. The Morgan fingerprint density at radius 1 is 1.33 bits per heavy atom. The molecule has 1 saturated heterocycles. The third kappa shape index (κ3) is 4.46. The number of hydrogen-bond donors (Lipinski definition) is 1. The standard InChI is InChI=1S/C9H20N3O2S/c1-11(2)9-6-10-15(13,14)12-7-4-3-5-8-12/h3,10H,4-9H2,1-2H3. The first kappa shape index (κ1) is 12.9. The molecular weight excluding hydrogens is 214 g/mol. The SMILES string of the molecule is CN(C)CCNS(=O)(=O)N1CC[CH]CC1. The summed E-state index contributed by atoms with van der Waals surface area (Å²) in [5, 5.41) is 0. The summed E-state index contributed by atoms with van der Waals surface area (Å²) in [5.74, 6) is 0. The van der Waals surface area contributed by atoms with Crippen LogP contribution in [0, 0.1) is 6.42 Å². The molecule has 0 aromatic rings. The molecule has 1 aliphatic heterocycles. The third-order valence-corrected chi connectivity index (χ3v) is 3.96. The summed E-state index contributed by atoms with van der Waals surface area (Å²) in [7, 11) is 0.599. The molecule has 0 unspecified atom stereocenters. The van der Waals surface area contributed by atoms with E-state index in [0.29, 0.717) is 19.6 Å². The number of hydrogen-bond acceptors (Lipinski definition) is 3. The Balaban J connectivity index is 2.36. The minimum absolute atomic E-state index is 0.468. The van der Waals surface area contributed by atoms with E-state index in [-0.39, 0.29) is 0 Å². The van der Waals surface area contributed by atoms with E-state index in [1.807, 2.05) is 19.0 Å². The summed E-state index contributed by atoms with van der Waals surface area (Å²) in [6.07, 6.45) is 3.84. The topological polar surface area (TPSA) is 52.7 Å². The molecular formula is C9H20N3O2S. The van der Waals surface area contributed by atoms with Crippen LogP contribution in [0.5, 0.6) is 0 Å². The molecule has 5 nitrogen and oxygen atoms in total. The van der Waals surface area contributed by atoms with E-state index in [1.165, 1.54) is 4.31 Å². The first-order chi connectivity index (χ1) is 7.02. The number of rotatable bonds is 5. The average molecular weight is 234 g/mol. The third-order valence-electron chi connectivity index (χ3n) is 2.35. The normalized spacial score (nSPS) is 19.7. The Morgan fingerprint density at radius 2 is 1.93 bits per heavy atom. The van der Waals surface area contributed by atoms with Gasteiger partial charge in [-0.1, -0.05) is 0 Å². The minimum Gasteiger partial charge on any atom is -0.308 e. The van der Waals surface area contributed by atoms with Gasteiger partial charge in [-0.05, 0) is 33.4 Å². The van der Waals surface area contributed by atoms with E-state index in [1.54, 1.807) is 0 Å². The molecule has 15 heavy (non-hydrogen) atoms. The molecule has 1 radical (unpaired) electrons. The predicted octanol–water partition coefficient (Wildman–Crippen LogP) is -0.318. The fourth-order valence-corrected chi connectivity index (χ4v) is 2.68. The van der Waals surface area contributed by atoms with Gasteiger partial charge in [0, 0.05) is 26.2 Å². The predicted molar refractivity (Wildman–Crippen MR) is 60.6 cm³/mol. The maximum absolute atomic E-state index is 11.7. The molecule has 1 rings (SSSR count). The van der Waals surface area contributed by atoms with Crippen LogP contribution in [0.3, 0.4) is 0 Å². The van der Waals surface area contributed by atoms with Crippen LogP contribution in [0.15, 0.2) is 0 Å². The van der Waals surface area contributed by atoms with Crippen molar-refractivity contribution in [1.29, 1.82) is 0 Å². The summed E-state index contributed by atoms with van der Waals surface area (Å²) >= 11 is 0. The van der Waals surface area contributed by atoms with Crippen molar-refractivity contribution in [3.63, 3.8) is 0 Å². The second-order valence-electron chi connectivity index (χ2n) is 3.97. The van der Waals surface area contributed by atoms with E-state index in [4.69, 9.17) is 0 Å². The Labute approximate surface area is 92.6 Å². The van der Waals surface area contributed by atoms with Crippen LogP contribution in [0.25, 0.3) is 0 Å². The molecule has 0 spiro atoms. The molecule has 1 heterocycles. The van der Waals surface area contributed by atoms with E-state index >= 15 is 0 Å². The zero-order valence-electron chi connectivity index (χ0n) is 9.44. The van der Waals surface area contributed by atoms with Crippen LogP contribution in [0.1, 0.15) is 12.8 Å². The van der Waals surface area contributed by atoms with Crippen molar-refractivity contribution in [2.45, 2.75) is 12.8 Å². The summed E-state index contributed by atoms with van der Waals surface area (Å²) in [4.78, 5) is 1.95. The lowest BCUT2D eigenvalue weighted by Gasteiger charge is -2.26. The van der Waals surface area contributed by atoms with Gasteiger partial charge in [0.2, 0.25) is 0 Å². The van der Waals surface area contributed by atoms with Crippen molar-refractivity contribution in [2.24, 2.45) is 0 Å². The van der Waals surface area contributed by atoms with Gasteiger partial charge in [-0.3, -0.25) is 0 Å². The fourth-order valence-electron chi connectivity index (χ4n) is 1.46. The number of piperidine rings is 1. The van der Waals surface area contributed by atoms with Crippen molar-refractivity contribution < 1.29 is 8.42 Å². The van der Waals surface area contributed by atoms with E-state index in [2.05, 4.69) is 11.1 Å². The lowest BCUT2D eigenvalue weighted by atomic mass is 10.2. The maximum Gasteiger partial charge on any atom is 0.279 e. The maximum atomic E-state index is 11.7. The quantitative estimate of drug-likeness (QED) is 0.709. The van der Waals surface area contributed by atoms with E-state index < -0.39 is 10.2 Å². The first-order valence-electron chi connectivity index (χ1n) is 5.23. The zero-order valence-corrected chi connectivity index (χ0v) is 10.3. The van der Waals surface area contributed by atoms with Crippen molar-refractivity contribution in [2.75, 3.05) is 40.3 Å². The summed E-state index contributed by atoms with van der Waals surface area (Å²) in [6.45, 7) is 2.41. The van der Waals surface area contributed by atoms with Gasteiger partial charge in [0.05, 0.1) is 0 Å². The van der Waals surface area contributed by atoms with Crippen molar-refractivity contribution in [3.8, 4) is 0 Å². The van der Waals surface area contributed by atoms with Gasteiger partial charge >= 0.3 is 0 Å². The Bertz CT molecular complexity index is 271. The lowest BCUT2D eigenvalue weighted by Crippen LogP contribution is -2.45. The summed E-state index contributed by atoms with van der Waals surface area (Å²) in [5.41, 5.74) is 0. The van der Waals surface area contributed by atoms with E-state index in [9.17, 15) is 8.42 Å². The van der Waals surface area contributed by atoms with Gasteiger partial charge < -0.3 is 4.90 Å². The molecule has 0 saturated carbocycles. The highest BCUT2D eigenvalue weighted by Crippen LogP contribution is 2.10.